The first-order chi connectivity index (χ1) is 8.76. The highest BCUT2D eigenvalue weighted by Crippen LogP contribution is 2.14. The topological polar surface area (TPSA) is 38.3 Å². The SMILES string of the molecule is CCCCCc1ccc(OCC(=O)NCC)cc1. The van der Waals surface area contributed by atoms with Gasteiger partial charge in [-0.05, 0) is 37.5 Å². The molecule has 1 aromatic rings. The van der Waals surface area contributed by atoms with E-state index in [1.165, 1.54) is 24.8 Å². The molecule has 0 aliphatic rings. The molecule has 0 radical (unpaired) electrons. The number of aryl methyl sites for hydroxylation is 1. The molecule has 1 N–H and O–H groups in total. The number of benzene rings is 1. The lowest BCUT2D eigenvalue weighted by Gasteiger charge is -2.07. The average molecular weight is 249 g/mol. The lowest BCUT2D eigenvalue weighted by molar-refractivity contribution is -0.122. The summed E-state index contributed by atoms with van der Waals surface area (Å²) in [6.45, 7) is 4.82. The normalized spacial score (nSPS) is 10.1. The van der Waals surface area contributed by atoms with Gasteiger partial charge < -0.3 is 10.1 Å². The number of ether oxygens (including phenoxy) is 1. The molecule has 0 aliphatic heterocycles. The van der Waals surface area contributed by atoms with Crippen LogP contribution in [-0.4, -0.2) is 19.1 Å². The Morgan fingerprint density at radius 2 is 1.89 bits per heavy atom. The molecule has 0 aromatic heterocycles. The molecule has 0 fully saturated rings. The molecular formula is C15H23NO2. The smallest absolute Gasteiger partial charge is 0.257 e. The predicted molar refractivity (Wildman–Crippen MR) is 73.8 cm³/mol. The van der Waals surface area contributed by atoms with Gasteiger partial charge in [0, 0.05) is 6.54 Å². The summed E-state index contributed by atoms with van der Waals surface area (Å²) in [6.07, 6.45) is 4.86. The van der Waals surface area contributed by atoms with Crippen LogP contribution in [0.5, 0.6) is 5.75 Å². The van der Waals surface area contributed by atoms with Crippen LogP contribution in [0.4, 0.5) is 0 Å². The zero-order valence-corrected chi connectivity index (χ0v) is 11.4. The molecule has 3 heteroatoms. The Hall–Kier alpha value is -1.51. The van der Waals surface area contributed by atoms with Crippen molar-refractivity contribution in [2.24, 2.45) is 0 Å². The number of nitrogens with one attached hydrogen (secondary N) is 1. The molecule has 0 saturated heterocycles. The highest BCUT2D eigenvalue weighted by Gasteiger charge is 2.01. The first-order valence-electron chi connectivity index (χ1n) is 6.74. The van der Waals surface area contributed by atoms with Gasteiger partial charge in [0.05, 0.1) is 0 Å². The van der Waals surface area contributed by atoms with E-state index in [4.69, 9.17) is 4.74 Å². The van der Waals surface area contributed by atoms with Gasteiger partial charge in [0.1, 0.15) is 5.75 Å². The second kappa shape index (κ2) is 8.56. The Bertz CT molecular complexity index is 346. The van der Waals surface area contributed by atoms with Crippen molar-refractivity contribution in [2.75, 3.05) is 13.2 Å². The lowest BCUT2D eigenvalue weighted by atomic mass is 10.1. The average Bonchev–Trinajstić information content (AvgIpc) is 2.38. The summed E-state index contributed by atoms with van der Waals surface area (Å²) in [5, 5.41) is 2.70. The standard InChI is InChI=1S/C15H23NO2/c1-3-5-6-7-13-8-10-14(11-9-13)18-12-15(17)16-4-2/h8-11H,3-7,12H2,1-2H3,(H,16,17). The number of amides is 1. The molecule has 3 nitrogen and oxygen atoms in total. The first kappa shape index (κ1) is 14.6. The van der Waals surface area contributed by atoms with Gasteiger partial charge in [-0.3, -0.25) is 4.79 Å². The van der Waals surface area contributed by atoms with Gasteiger partial charge in [0.25, 0.3) is 5.91 Å². The van der Waals surface area contributed by atoms with Crippen LogP contribution in [-0.2, 0) is 11.2 Å². The summed E-state index contributed by atoms with van der Waals surface area (Å²) in [4.78, 5) is 11.2. The van der Waals surface area contributed by atoms with E-state index in [1.807, 2.05) is 19.1 Å². The third kappa shape index (κ3) is 5.71. The zero-order valence-electron chi connectivity index (χ0n) is 11.4. The summed E-state index contributed by atoms with van der Waals surface area (Å²) in [7, 11) is 0. The minimum absolute atomic E-state index is 0.0791. The Labute approximate surface area is 110 Å². The summed E-state index contributed by atoms with van der Waals surface area (Å²) in [6, 6.07) is 8.01. The molecule has 0 saturated carbocycles. The van der Waals surface area contributed by atoms with Gasteiger partial charge in [-0.15, -0.1) is 0 Å². The Kier molecular flexibility index (Phi) is 6.92. The van der Waals surface area contributed by atoms with E-state index in [2.05, 4.69) is 24.4 Å². The monoisotopic (exact) mass is 249 g/mol. The number of carbonyl (C=O) groups excluding carboxylic acids is 1. The van der Waals surface area contributed by atoms with Crippen molar-refractivity contribution in [1.82, 2.24) is 5.32 Å². The summed E-state index contributed by atoms with van der Waals surface area (Å²) in [5.41, 5.74) is 1.33. The minimum Gasteiger partial charge on any atom is -0.484 e. The number of carbonyl (C=O) groups is 1. The van der Waals surface area contributed by atoms with Crippen molar-refractivity contribution >= 4 is 5.91 Å². The summed E-state index contributed by atoms with van der Waals surface area (Å²) >= 11 is 0. The highest BCUT2D eigenvalue weighted by atomic mass is 16.5. The maximum Gasteiger partial charge on any atom is 0.257 e. The first-order valence-corrected chi connectivity index (χ1v) is 6.74. The van der Waals surface area contributed by atoms with E-state index in [1.54, 1.807) is 0 Å². The quantitative estimate of drug-likeness (QED) is 0.719. The molecule has 18 heavy (non-hydrogen) atoms. The molecule has 0 bridgehead atoms. The van der Waals surface area contributed by atoms with Crippen molar-refractivity contribution in [3.63, 3.8) is 0 Å². The zero-order chi connectivity index (χ0) is 13.2. The fourth-order valence-electron chi connectivity index (χ4n) is 1.73. The van der Waals surface area contributed by atoms with Gasteiger partial charge in [0.15, 0.2) is 6.61 Å². The molecule has 0 spiro atoms. The van der Waals surface area contributed by atoms with Gasteiger partial charge in [-0.2, -0.15) is 0 Å². The molecule has 1 amide bonds. The maximum absolute atomic E-state index is 11.2. The Morgan fingerprint density at radius 1 is 1.17 bits per heavy atom. The van der Waals surface area contributed by atoms with Crippen molar-refractivity contribution in [1.29, 1.82) is 0 Å². The van der Waals surface area contributed by atoms with E-state index < -0.39 is 0 Å². The fraction of sp³-hybridized carbons (Fsp3) is 0.533. The second-order valence-electron chi connectivity index (χ2n) is 4.34. The predicted octanol–water partition coefficient (Wildman–Crippen LogP) is 2.93. The molecule has 0 unspecified atom stereocenters. The van der Waals surface area contributed by atoms with Crippen LogP contribution in [0.2, 0.25) is 0 Å². The van der Waals surface area contributed by atoms with Gasteiger partial charge in [0.2, 0.25) is 0 Å². The van der Waals surface area contributed by atoms with Gasteiger partial charge in [-0.25, -0.2) is 0 Å². The van der Waals surface area contributed by atoms with Gasteiger partial charge in [-0.1, -0.05) is 31.9 Å². The van der Waals surface area contributed by atoms with Crippen LogP contribution in [0.1, 0.15) is 38.7 Å². The summed E-state index contributed by atoms with van der Waals surface area (Å²) < 4.78 is 5.39. The van der Waals surface area contributed by atoms with Crippen LogP contribution in [0.3, 0.4) is 0 Å². The minimum atomic E-state index is -0.0791. The molecule has 0 aliphatic carbocycles. The lowest BCUT2D eigenvalue weighted by Crippen LogP contribution is -2.28. The largest absolute Gasteiger partial charge is 0.484 e. The van der Waals surface area contributed by atoms with Crippen LogP contribution in [0.25, 0.3) is 0 Å². The van der Waals surface area contributed by atoms with Crippen LogP contribution in [0.15, 0.2) is 24.3 Å². The van der Waals surface area contributed by atoms with E-state index in [0.29, 0.717) is 6.54 Å². The van der Waals surface area contributed by atoms with E-state index in [0.717, 1.165) is 12.2 Å². The second-order valence-corrected chi connectivity index (χ2v) is 4.34. The van der Waals surface area contributed by atoms with Gasteiger partial charge >= 0.3 is 0 Å². The molecule has 0 atom stereocenters. The Morgan fingerprint density at radius 3 is 2.50 bits per heavy atom. The molecule has 100 valence electrons. The van der Waals surface area contributed by atoms with Crippen LogP contribution in [0, 0.1) is 0 Å². The third-order valence-electron chi connectivity index (χ3n) is 2.74. The van der Waals surface area contributed by atoms with E-state index in [-0.39, 0.29) is 12.5 Å². The number of rotatable bonds is 8. The number of hydrogen-bond acceptors (Lipinski definition) is 2. The van der Waals surface area contributed by atoms with Crippen molar-refractivity contribution in [3.05, 3.63) is 29.8 Å². The number of unbranched alkanes of at least 4 members (excludes halogenated alkanes) is 2. The van der Waals surface area contributed by atoms with Crippen LogP contribution >= 0.6 is 0 Å². The third-order valence-corrected chi connectivity index (χ3v) is 2.74. The van der Waals surface area contributed by atoms with E-state index in [9.17, 15) is 4.79 Å². The van der Waals surface area contributed by atoms with Crippen molar-refractivity contribution in [2.45, 2.75) is 39.5 Å². The Balaban J connectivity index is 2.33. The molecule has 1 aromatic carbocycles. The number of likely N-dealkylation sites (N-methyl/N-ethyl adjacent to an activating group) is 1. The summed E-state index contributed by atoms with van der Waals surface area (Å²) in [5.74, 6) is 0.671. The highest BCUT2D eigenvalue weighted by molar-refractivity contribution is 5.77. The maximum atomic E-state index is 11.2. The molecular weight excluding hydrogens is 226 g/mol. The molecule has 1 rings (SSSR count). The van der Waals surface area contributed by atoms with Crippen LogP contribution < -0.4 is 10.1 Å². The van der Waals surface area contributed by atoms with E-state index >= 15 is 0 Å². The van der Waals surface area contributed by atoms with Crippen molar-refractivity contribution in [3.8, 4) is 5.75 Å². The fourth-order valence-corrected chi connectivity index (χ4v) is 1.73. The number of hydrogen-bond donors (Lipinski definition) is 1. The molecule has 0 heterocycles. The van der Waals surface area contributed by atoms with Crippen molar-refractivity contribution < 1.29 is 9.53 Å².